The number of aromatic amines is 1. The minimum Gasteiger partial charge on any atom is -0.356 e. The Hall–Kier alpha value is -0.810. The molecular formula is C13H20BrN3O. The Balaban J connectivity index is 1.97. The SMILES string of the molecule is CCN(CC1CCCCN1)C(=O)c1cc(Br)c[nH]1. The van der Waals surface area contributed by atoms with E-state index in [1.54, 1.807) is 6.20 Å². The van der Waals surface area contributed by atoms with Crippen LogP contribution in [0.25, 0.3) is 0 Å². The Bertz CT molecular complexity index is 399. The van der Waals surface area contributed by atoms with Gasteiger partial charge in [-0.3, -0.25) is 4.79 Å². The van der Waals surface area contributed by atoms with Gasteiger partial charge in [0.2, 0.25) is 0 Å². The summed E-state index contributed by atoms with van der Waals surface area (Å²) in [5, 5.41) is 3.48. The van der Waals surface area contributed by atoms with E-state index in [0.717, 1.165) is 30.5 Å². The predicted octanol–water partition coefficient (Wildman–Crippen LogP) is 2.38. The van der Waals surface area contributed by atoms with E-state index in [1.165, 1.54) is 12.8 Å². The zero-order valence-electron chi connectivity index (χ0n) is 10.7. The maximum absolute atomic E-state index is 12.3. The van der Waals surface area contributed by atoms with E-state index >= 15 is 0 Å². The smallest absolute Gasteiger partial charge is 0.270 e. The number of carbonyl (C=O) groups excluding carboxylic acids is 1. The van der Waals surface area contributed by atoms with Gasteiger partial charge >= 0.3 is 0 Å². The molecule has 1 saturated heterocycles. The number of carbonyl (C=O) groups is 1. The second kappa shape index (κ2) is 6.38. The molecule has 2 rings (SSSR count). The Labute approximate surface area is 116 Å². The Morgan fingerprint density at radius 1 is 1.56 bits per heavy atom. The lowest BCUT2D eigenvalue weighted by molar-refractivity contribution is 0.0736. The highest BCUT2D eigenvalue weighted by molar-refractivity contribution is 9.10. The summed E-state index contributed by atoms with van der Waals surface area (Å²) in [6.07, 6.45) is 5.47. The number of nitrogens with zero attached hydrogens (tertiary/aromatic N) is 1. The molecule has 1 amide bonds. The van der Waals surface area contributed by atoms with E-state index in [9.17, 15) is 4.79 Å². The van der Waals surface area contributed by atoms with E-state index in [0.29, 0.717) is 11.7 Å². The number of piperidine rings is 1. The van der Waals surface area contributed by atoms with Gasteiger partial charge in [-0.1, -0.05) is 6.42 Å². The van der Waals surface area contributed by atoms with Crippen LogP contribution >= 0.6 is 15.9 Å². The Morgan fingerprint density at radius 2 is 2.39 bits per heavy atom. The van der Waals surface area contributed by atoms with Crippen molar-refractivity contribution in [1.82, 2.24) is 15.2 Å². The number of likely N-dealkylation sites (N-methyl/N-ethyl adjacent to an activating group) is 1. The van der Waals surface area contributed by atoms with E-state index in [1.807, 2.05) is 17.9 Å². The van der Waals surface area contributed by atoms with Crippen LogP contribution in [0.2, 0.25) is 0 Å². The first-order valence-electron chi connectivity index (χ1n) is 6.57. The molecule has 0 aliphatic carbocycles. The van der Waals surface area contributed by atoms with Crippen LogP contribution in [0, 0.1) is 0 Å². The lowest BCUT2D eigenvalue weighted by Crippen LogP contribution is -2.45. The van der Waals surface area contributed by atoms with Crippen molar-refractivity contribution in [1.29, 1.82) is 0 Å². The minimum atomic E-state index is 0.0792. The standard InChI is InChI=1S/C13H20BrN3O/c1-2-17(9-11-5-3-4-6-15-11)13(18)12-7-10(14)8-16-12/h7-8,11,15-16H,2-6,9H2,1H3. The second-order valence-electron chi connectivity index (χ2n) is 4.72. The van der Waals surface area contributed by atoms with Gasteiger partial charge in [0.25, 0.3) is 5.91 Å². The summed E-state index contributed by atoms with van der Waals surface area (Å²) in [5.41, 5.74) is 0.652. The molecule has 0 bridgehead atoms. The molecule has 5 heteroatoms. The highest BCUT2D eigenvalue weighted by atomic mass is 79.9. The fourth-order valence-electron chi connectivity index (χ4n) is 2.36. The summed E-state index contributed by atoms with van der Waals surface area (Å²) in [7, 11) is 0. The monoisotopic (exact) mass is 313 g/mol. The molecule has 0 spiro atoms. The van der Waals surface area contributed by atoms with Crippen molar-refractivity contribution in [3.8, 4) is 0 Å². The van der Waals surface area contributed by atoms with Crippen molar-refractivity contribution in [2.24, 2.45) is 0 Å². The van der Waals surface area contributed by atoms with E-state index in [2.05, 4.69) is 26.2 Å². The summed E-state index contributed by atoms with van der Waals surface area (Å²) in [4.78, 5) is 17.2. The van der Waals surface area contributed by atoms with Gasteiger partial charge in [-0.05, 0) is 48.3 Å². The molecule has 1 unspecified atom stereocenters. The average molecular weight is 314 g/mol. The topological polar surface area (TPSA) is 48.1 Å². The van der Waals surface area contributed by atoms with E-state index < -0.39 is 0 Å². The number of halogens is 1. The third kappa shape index (κ3) is 3.36. The molecular weight excluding hydrogens is 294 g/mol. The van der Waals surface area contributed by atoms with Gasteiger partial charge in [0, 0.05) is 29.8 Å². The minimum absolute atomic E-state index is 0.0792. The third-order valence-corrected chi connectivity index (χ3v) is 3.86. The van der Waals surface area contributed by atoms with Crippen molar-refractivity contribution in [3.63, 3.8) is 0 Å². The van der Waals surface area contributed by atoms with Crippen molar-refractivity contribution in [2.45, 2.75) is 32.2 Å². The number of rotatable bonds is 4. The Morgan fingerprint density at radius 3 is 2.94 bits per heavy atom. The fourth-order valence-corrected chi connectivity index (χ4v) is 2.71. The van der Waals surface area contributed by atoms with Gasteiger partial charge < -0.3 is 15.2 Å². The van der Waals surface area contributed by atoms with E-state index in [4.69, 9.17) is 0 Å². The normalized spacial score (nSPS) is 19.8. The number of nitrogens with one attached hydrogen (secondary N) is 2. The van der Waals surface area contributed by atoms with Crippen LogP contribution in [0.1, 0.15) is 36.7 Å². The largest absolute Gasteiger partial charge is 0.356 e. The van der Waals surface area contributed by atoms with Crippen LogP contribution in [-0.2, 0) is 0 Å². The summed E-state index contributed by atoms with van der Waals surface area (Å²) < 4.78 is 0.915. The average Bonchev–Trinajstić information content (AvgIpc) is 2.83. The van der Waals surface area contributed by atoms with Gasteiger partial charge in [0.15, 0.2) is 0 Å². The third-order valence-electron chi connectivity index (χ3n) is 3.40. The number of aromatic nitrogens is 1. The van der Waals surface area contributed by atoms with Crippen molar-refractivity contribution in [3.05, 3.63) is 22.4 Å². The molecule has 1 aliphatic rings. The van der Waals surface area contributed by atoms with Gasteiger partial charge in [-0.25, -0.2) is 0 Å². The van der Waals surface area contributed by atoms with Gasteiger partial charge in [-0.15, -0.1) is 0 Å². The number of amides is 1. The summed E-state index contributed by atoms with van der Waals surface area (Å²) in [5.74, 6) is 0.0792. The zero-order valence-corrected chi connectivity index (χ0v) is 12.3. The molecule has 100 valence electrons. The lowest BCUT2D eigenvalue weighted by Gasteiger charge is -2.29. The second-order valence-corrected chi connectivity index (χ2v) is 5.64. The van der Waals surface area contributed by atoms with Gasteiger partial charge in [-0.2, -0.15) is 0 Å². The van der Waals surface area contributed by atoms with Crippen LogP contribution in [0.3, 0.4) is 0 Å². The molecule has 4 nitrogen and oxygen atoms in total. The van der Waals surface area contributed by atoms with Crippen LogP contribution in [0.4, 0.5) is 0 Å². The van der Waals surface area contributed by atoms with Crippen LogP contribution in [0.5, 0.6) is 0 Å². The first kappa shape index (κ1) is 13.6. The highest BCUT2D eigenvalue weighted by Gasteiger charge is 2.21. The van der Waals surface area contributed by atoms with Crippen molar-refractivity contribution in [2.75, 3.05) is 19.6 Å². The predicted molar refractivity (Wildman–Crippen MR) is 75.7 cm³/mol. The van der Waals surface area contributed by atoms with Crippen LogP contribution in [0.15, 0.2) is 16.7 Å². The maximum atomic E-state index is 12.3. The molecule has 0 radical (unpaired) electrons. The first-order valence-corrected chi connectivity index (χ1v) is 7.36. The maximum Gasteiger partial charge on any atom is 0.270 e. The summed E-state index contributed by atoms with van der Waals surface area (Å²) in [6, 6.07) is 2.28. The summed E-state index contributed by atoms with van der Waals surface area (Å²) in [6.45, 7) is 4.64. The van der Waals surface area contributed by atoms with Crippen LogP contribution in [-0.4, -0.2) is 41.5 Å². The molecule has 0 saturated carbocycles. The van der Waals surface area contributed by atoms with Crippen LogP contribution < -0.4 is 5.32 Å². The number of hydrogen-bond acceptors (Lipinski definition) is 2. The lowest BCUT2D eigenvalue weighted by atomic mass is 10.0. The van der Waals surface area contributed by atoms with Crippen molar-refractivity contribution >= 4 is 21.8 Å². The fraction of sp³-hybridized carbons (Fsp3) is 0.615. The summed E-state index contributed by atoms with van der Waals surface area (Å²) >= 11 is 3.36. The molecule has 1 aromatic rings. The van der Waals surface area contributed by atoms with Gasteiger partial charge in [0.1, 0.15) is 5.69 Å². The number of hydrogen-bond donors (Lipinski definition) is 2. The zero-order chi connectivity index (χ0) is 13.0. The molecule has 1 atom stereocenters. The first-order chi connectivity index (χ1) is 8.70. The molecule has 0 aromatic carbocycles. The molecule has 2 N–H and O–H groups in total. The quantitative estimate of drug-likeness (QED) is 0.896. The molecule has 18 heavy (non-hydrogen) atoms. The molecule has 2 heterocycles. The van der Waals surface area contributed by atoms with E-state index in [-0.39, 0.29) is 5.91 Å². The molecule has 1 aromatic heterocycles. The highest BCUT2D eigenvalue weighted by Crippen LogP contribution is 2.14. The molecule has 1 fully saturated rings. The van der Waals surface area contributed by atoms with Gasteiger partial charge in [0.05, 0.1) is 0 Å². The molecule has 1 aliphatic heterocycles. The Kier molecular flexibility index (Phi) is 4.83. The van der Waals surface area contributed by atoms with Crippen molar-refractivity contribution < 1.29 is 4.79 Å². The number of H-pyrrole nitrogens is 1.